The van der Waals surface area contributed by atoms with Crippen LogP contribution in [0.4, 0.5) is 18.3 Å². The molecule has 1 aliphatic carbocycles. The molecular weight excluding hydrogens is 327 g/mol. The van der Waals surface area contributed by atoms with E-state index in [0.29, 0.717) is 16.4 Å². The average Bonchev–Trinajstić information content (AvgIpc) is 3.04. The first-order chi connectivity index (χ1) is 10.9. The summed E-state index contributed by atoms with van der Waals surface area (Å²) < 4.78 is 42.2. The van der Waals surface area contributed by atoms with Gasteiger partial charge in [-0.15, -0.1) is 0 Å². The number of nitrogens with one attached hydrogen (secondary N) is 1. The predicted molar refractivity (Wildman–Crippen MR) is 81.4 cm³/mol. The molecule has 1 N–H and O–H groups in total. The van der Waals surface area contributed by atoms with E-state index in [0.717, 1.165) is 30.2 Å². The van der Waals surface area contributed by atoms with Crippen molar-refractivity contribution in [3.8, 4) is 0 Å². The fourth-order valence-electron chi connectivity index (χ4n) is 2.74. The van der Waals surface area contributed by atoms with E-state index in [1.54, 1.807) is 4.90 Å². The van der Waals surface area contributed by atoms with Gasteiger partial charge in [-0.25, -0.2) is 18.2 Å². The van der Waals surface area contributed by atoms with Crippen molar-refractivity contribution in [3.63, 3.8) is 0 Å². The summed E-state index contributed by atoms with van der Waals surface area (Å²) in [6.07, 6.45) is 1.86. The number of halogens is 3. The van der Waals surface area contributed by atoms with Gasteiger partial charge in [0.05, 0.1) is 11.2 Å². The Balaban J connectivity index is 1.57. The molecule has 1 aromatic heterocycles. The normalized spacial score (nSPS) is 24.4. The molecule has 1 saturated carbocycles. The first-order valence-electron chi connectivity index (χ1n) is 7.45. The minimum absolute atomic E-state index is 0.0678. The highest BCUT2D eigenvalue weighted by Crippen LogP contribution is 2.36. The molecule has 1 saturated heterocycles. The third-order valence-electron chi connectivity index (χ3n) is 4.21. The highest BCUT2D eigenvalue weighted by molar-refractivity contribution is 7.22. The molecule has 4 rings (SSSR count). The maximum absolute atomic E-state index is 14.8. The smallest absolute Gasteiger partial charge is 0.259 e. The van der Waals surface area contributed by atoms with Gasteiger partial charge < -0.3 is 10.2 Å². The minimum atomic E-state index is -1.95. The van der Waals surface area contributed by atoms with E-state index >= 15 is 0 Å². The van der Waals surface area contributed by atoms with Gasteiger partial charge >= 0.3 is 0 Å². The van der Waals surface area contributed by atoms with E-state index in [-0.39, 0.29) is 24.5 Å². The van der Waals surface area contributed by atoms with Gasteiger partial charge in [-0.05, 0) is 18.9 Å². The molecule has 0 bridgehead atoms. The number of amides is 1. The zero-order valence-corrected chi connectivity index (χ0v) is 12.9. The lowest BCUT2D eigenvalue weighted by molar-refractivity contribution is -0.131. The van der Waals surface area contributed by atoms with Crippen LogP contribution in [0, 0.1) is 11.6 Å². The fraction of sp³-hybridized carbons (Fsp3) is 0.467. The topological polar surface area (TPSA) is 45.2 Å². The van der Waals surface area contributed by atoms with Crippen LogP contribution in [0.25, 0.3) is 10.2 Å². The van der Waals surface area contributed by atoms with Crippen LogP contribution in [0.3, 0.4) is 0 Å². The molecule has 2 heterocycles. The van der Waals surface area contributed by atoms with Gasteiger partial charge in [-0.2, -0.15) is 0 Å². The average molecular weight is 341 g/mol. The summed E-state index contributed by atoms with van der Waals surface area (Å²) in [7, 11) is 0. The van der Waals surface area contributed by atoms with Gasteiger partial charge in [-0.3, -0.25) is 4.79 Å². The van der Waals surface area contributed by atoms with Crippen LogP contribution >= 0.6 is 11.3 Å². The van der Waals surface area contributed by atoms with Crippen molar-refractivity contribution in [3.05, 3.63) is 23.8 Å². The number of anilines is 1. The van der Waals surface area contributed by atoms with E-state index in [1.807, 2.05) is 0 Å². The predicted octanol–water partition coefficient (Wildman–Crippen LogP) is 2.77. The van der Waals surface area contributed by atoms with Crippen LogP contribution < -0.4 is 10.2 Å². The SMILES string of the molecule is O=C(NC1CC1)C1(F)CCN(c2nc3c(F)cc(F)cc3s2)C1. The number of carbonyl (C=O) groups is 1. The lowest BCUT2D eigenvalue weighted by Crippen LogP contribution is -2.46. The number of hydrogen-bond donors (Lipinski definition) is 1. The summed E-state index contributed by atoms with van der Waals surface area (Å²) in [6, 6.07) is 2.08. The lowest BCUT2D eigenvalue weighted by Gasteiger charge is -2.19. The minimum Gasteiger partial charge on any atom is -0.351 e. The van der Waals surface area contributed by atoms with Crippen LogP contribution in [-0.4, -0.2) is 35.7 Å². The monoisotopic (exact) mass is 341 g/mol. The zero-order valence-electron chi connectivity index (χ0n) is 12.1. The molecule has 1 aromatic carbocycles. The number of fused-ring (bicyclic) bond motifs is 1. The molecule has 1 atom stereocenters. The quantitative estimate of drug-likeness (QED) is 0.934. The van der Waals surface area contributed by atoms with Gasteiger partial charge in [0.1, 0.15) is 11.3 Å². The molecule has 0 radical (unpaired) electrons. The summed E-state index contributed by atoms with van der Waals surface area (Å²) in [4.78, 5) is 17.8. The van der Waals surface area contributed by atoms with E-state index in [1.165, 1.54) is 6.07 Å². The van der Waals surface area contributed by atoms with Crippen LogP contribution in [0.2, 0.25) is 0 Å². The van der Waals surface area contributed by atoms with Gasteiger partial charge in [-0.1, -0.05) is 11.3 Å². The number of benzene rings is 1. The summed E-state index contributed by atoms with van der Waals surface area (Å²) in [5, 5.41) is 3.09. The molecule has 4 nitrogen and oxygen atoms in total. The Kier molecular flexibility index (Phi) is 3.26. The number of carbonyl (C=O) groups excluding carboxylic acids is 1. The second kappa shape index (κ2) is 5.09. The highest BCUT2D eigenvalue weighted by atomic mass is 32.1. The molecule has 122 valence electrons. The van der Waals surface area contributed by atoms with Gasteiger partial charge in [0.2, 0.25) is 5.67 Å². The van der Waals surface area contributed by atoms with E-state index in [4.69, 9.17) is 0 Å². The van der Waals surface area contributed by atoms with Crippen molar-refractivity contribution in [2.45, 2.75) is 31.0 Å². The standard InChI is InChI=1S/C15H14F3N3OS/c16-8-5-10(17)12-11(6-8)23-14(20-12)21-4-3-15(18,7-21)13(22)19-9-1-2-9/h5-6,9H,1-4,7H2,(H,19,22). The second-order valence-electron chi connectivity index (χ2n) is 6.12. The van der Waals surface area contributed by atoms with Crippen molar-refractivity contribution < 1.29 is 18.0 Å². The Morgan fingerprint density at radius 1 is 1.39 bits per heavy atom. The molecule has 23 heavy (non-hydrogen) atoms. The number of nitrogens with zero attached hydrogens (tertiary/aromatic N) is 2. The Morgan fingerprint density at radius 3 is 2.91 bits per heavy atom. The van der Waals surface area contributed by atoms with Crippen molar-refractivity contribution >= 4 is 32.6 Å². The Labute approximate surface area is 134 Å². The number of alkyl halides is 1. The first-order valence-corrected chi connectivity index (χ1v) is 8.27. The van der Waals surface area contributed by atoms with Crippen molar-refractivity contribution in [2.75, 3.05) is 18.0 Å². The molecule has 0 spiro atoms. The number of aromatic nitrogens is 1. The van der Waals surface area contributed by atoms with Crippen LogP contribution in [0.1, 0.15) is 19.3 Å². The summed E-state index contributed by atoms with van der Waals surface area (Å²) in [5.41, 5.74) is -1.88. The third kappa shape index (κ3) is 2.65. The van der Waals surface area contributed by atoms with Crippen molar-refractivity contribution in [2.24, 2.45) is 0 Å². The maximum Gasteiger partial charge on any atom is 0.259 e. The Hall–Kier alpha value is -1.83. The van der Waals surface area contributed by atoms with Crippen LogP contribution in [-0.2, 0) is 4.79 Å². The van der Waals surface area contributed by atoms with Gasteiger partial charge in [0.15, 0.2) is 10.9 Å². The van der Waals surface area contributed by atoms with E-state index in [2.05, 4.69) is 10.3 Å². The molecular formula is C15H14F3N3OS. The first kappa shape index (κ1) is 14.7. The lowest BCUT2D eigenvalue weighted by atomic mass is 10.1. The Morgan fingerprint density at radius 2 is 2.17 bits per heavy atom. The van der Waals surface area contributed by atoms with Crippen LogP contribution in [0.5, 0.6) is 0 Å². The third-order valence-corrected chi connectivity index (χ3v) is 5.27. The van der Waals surface area contributed by atoms with E-state index < -0.39 is 23.2 Å². The number of rotatable bonds is 3. The Bertz CT molecular complexity index is 792. The highest BCUT2D eigenvalue weighted by Gasteiger charge is 2.47. The molecule has 8 heteroatoms. The van der Waals surface area contributed by atoms with E-state index in [9.17, 15) is 18.0 Å². The van der Waals surface area contributed by atoms with Crippen molar-refractivity contribution in [1.82, 2.24) is 10.3 Å². The zero-order chi connectivity index (χ0) is 16.2. The largest absolute Gasteiger partial charge is 0.351 e. The number of hydrogen-bond acceptors (Lipinski definition) is 4. The van der Waals surface area contributed by atoms with Gasteiger partial charge in [0, 0.05) is 25.1 Å². The molecule has 2 aliphatic rings. The van der Waals surface area contributed by atoms with Gasteiger partial charge in [0.25, 0.3) is 5.91 Å². The summed E-state index contributed by atoms with van der Waals surface area (Å²) >= 11 is 1.10. The second-order valence-corrected chi connectivity index (χ2v) is 7.12. The van der Waals surface area contributed by atoms with Crippen molar-refractivity contribution in [1.29, 1.82) is 0 Å². The summed E-state index contributed by atoms with van der Waals surface area (Å²) in [6.45, 7) is 0.202. The molecule has 2 fully saturated rings. The maximum atomic E-state index is 14.8. The molecule has 1 amide bonds. The fourth-order valence-corrected chi connectivity index (χ4v) is 3.77. The summed E-state index contributed by atoms with van der Waals surface area (Å²) in [5.74, 6) is -1.99. The molecule has 2 aromatic rings. The van der Waals surface area contributed by atoms with Crippen LogP contribution in [0.15, 0.2) is 12.1 Å². The molecule has 1 unspecified atom stereocenters. The number of thiazole rings is 1. The molecule has 1 aliphatic heterocycles.